The van der Waals surface area contributed by atoms with Crippen molar-refractivity contribution in [1.29, 1.82) is 0 Å². The van der Waals surface area contributed by atoms with Crippen molar-refractivity contribution in [3.8, 4) is 0 Å². The van der Waals surface area contributed by atoms with Crippen LogP contribution in [0.15, 0.2) is 0 Å². The van der Waals surface area contributed by atoms with Crippen LogP contribution in [0.2, 0.25) is 0 Å². The van der Waals surface area contributed by atoms with Gasteiger partial charge in [-0.3, -0.25) is 0 Å². The molecule has 0 radical (unpaired) electrons. The van der Waals surface area contributed by atoms with Crippen molar-refractivity contribution in [3.05, 3.63) is 15.6 Å². The van der Waals surface area contributed by atoms with E-state index >= 15 is 0 Å². The van der Waals surface area contributed by atoms with E-state index in [1.807, 2.05) is 6.92 Å². The molecule has 4 nitrogen and oxygen atoms in total. The van der Waals surface area contributed by atoms with Gasteiger partial charge < -0.3 is 10.5 Å². The van der Waals surface area contributed by atoms with E-state index in [2.05, 4.69) is 11.9 Å². The zero-order valence-electron chi connectivity index (χ0n) is 11.6. The third-order valence-electron chi connectivity index (χ3n) is 3.82. The van der Waals surface area contributed by atoms with Gasteiger partial charge in [-0.05, 0) is 38.5 Å². The van der Waals surface area contributed by atoms with Crippen molar-refractivity contribution >= 4 is 17.3 Å². The van der Waals surface area contributed by atoms with Crippen LogP contribution in [0, 0.1) is 12.8 Å². The molecule has 1 aliphatic rings. The molecule has 1 saturated carbocycles. The predicted octanol–water partition coefficient (Wildman–Crippen LogP) is 3.04. The number of aromatic nitrogens is 1. The standard InChI is InChI=1S/C14H22N2O2S/c1-3-10-6-4-5-7-11(10)18-14(17)13-9(2)16-12(8-15)19-13/h10-11H,3-8,15H2,1-2H3. The number of rotatable bonds is 4. The number of hydrogen-bond donors (Lipinski definition) is 1. The Bertz CT molecular complexity index is 445. The fourth-order valence-electron chi connectivity index (χ4n) is 2.72. The molecule has 1 aromatic heterocycles. The van der Waals surface area contributed by atoms with E-state index in [1.165, 1.54) is 24.2 Å². The Morgan fingerprint density at radius 3 is 2.84 bits per heavy atom. The molecular weight excluding hydrogens is 260 g/mol. The van der Waals surface area contributed by atoms with Crippen LogP contribution in [0.5, 0.6) is 0 Å². The molecular formula is C14H22N2O2S. The number of nitrogens with zero attached hydrogens (tertiary/aromatic N) is 1. The molecule has 0 saturated heterocycles. The monoisotopic (exact) mass is 282 g/mol. The topological polar surface area (TPSA) is 65.2 Å². The van der Waals surface area contributed by atoms with Crippen molar-refractivity contribution in [1.82, 2.24) is 4.98 Å². The number of carbonyl (C=O) groups excluding carboxylic acids is 1. The van der Waals surface area contributed by atoms with Crippen molar-refractivity contribution in [2.24, 2.45) is 11.7 Å². The number of nitrogens with two attached hydrogens (primary N) is 1. The summed E-state index contributed by atoms with van der Waals surface area (Å²) < 4.78 is 5.71. The van der Waals surface area contributed by atoms with Crippen LogP contribution in [-0.2, 0) is 11.3 Å². The summed E-state index contributed by atoms with van der Waals surface area (Å²) in [7, 11) is 0. The number of hydrogen-bond acceptors (Lipinski definition) is 5. The lowest BCUT2D eigenvalue weighted by Crippen LogP contribution is -2.29. The molecule has 106 valence electrons. The molecule has 1 aliphatic carbocycles. The second-order valence-electron chi connectivity index (χ2n) is 5.12. The first-order valence-electron chi connectivity index (χ1n) is 7.03. The Morgan fingerprint density at radius 1 is 1.47 bits per heavy atom. The van der Waals surface area contributed by atoms with E-state index in [4.69, 9.17) is 10.5 Å². The first-order valence-corrected chi connectivity index (χ1v) is 7.84. The van der Waals surface area contributed by atoms with Gasteiger partial charge in [-0.25, -0.2) is 9.78 Å². The highest BCUT2D eigenvalue weighted by atomic mass is 32.1. The number of esters is 1. The van der Waals surface area contributed by atoms with E-state index < -0.39 is 0 Å². The number of carbonyl (C=O) groups is 1. The van der Waals surface area contributed by atoms with Crippen molar-refractivity contribution in [2.45, 2.75) is 58.6 Å². The minimum absolute atomic E-state index is 0.0778. The number of thiazole rings is 1. The highest BCUT2D eigenvalue weighted by Gasteiger charge is 2.28. The minimum atomic E-state index is -0.222. The lowest BCUT2D eigenvalue weighted by Gasteiger charge is -2.30. The first-order chi connectivity index (χ1) is 9.15. The minimum Gasteiger partial charge on any atom is -0.458 e. The summed E-state index contributed by atoms with van der Waals surface area (Å²) >= 11 is 1.35. The maximum Gasteiger partial charge on any atom is 0.350 e. The van der Waals surface area contributed by atoms with Crippen molar-refractivity contribution in [3.63, 3.8) is 0 Å². The van der Waals surface area contributed by atoms with Gasteiger partial charge >= 0.3 is 5.97 Å². The van der Waals surface area contributed by atoms with Gasteiger partial charge in [0.25, 0.3) is 0 Å². The van der Waals surface area contributed by atoms with Gasteiger partial charge in [-0.15, -0.1) is 11.3 Å². The van der Waals surface area contributed by atoms with Crippen LogP contribution in [0.1, 0.15) is 59.4 Å². The molecule has 0 aliphatic heterocycles. The zero-order valence-corrected chi connectivity index (χ0v) is 12.5. The molecule has 1 fully saturated rings. The third kappa shape index (κ3) is 3.34. The van der Waals surface area contributed by atoms with Crippen LogP contribution in [0.3, 0.4) is 0 Å². The molecule has 19 heavy (non-hydrogen) atoms. The van der Waals surface area contributed by atoms with E-state index in [-0.39, 0.29) is 12.1 Å². The predicted molar refractivity (Wildman–Crippen MR) is 76.2 cm³/mol. The van der Waals surface area contributed by atoms with Gasteiger partial charge in [0.15, 0.2) is 0 Å². The van der Waals surface area contributed by atoms with E-state index in [9.17, 15) is 4.79 Å². The van der Waals surface area contributed by atoms with Crippen LogP contribution >= 0.6 is 11.3 Å². The van der Waals surface area contributed by atoms with Crippen LogP contribution in [0.25, 0.3) is 0 Å². The lowest BCUT2D eigenvalue weighted by atomic mass is 9.85. The summed E-state index contributed by atoms with van der Waals surface area (Å²) in [4.78, 5) is 17.1. The lowest BCUT2D eigenvalue weighted by molar-refractivity contribution is 0.00112. The maximum atomic E-state index is 12.2. The highest BCUT2D eigenvalue weighted by molar-refractivity contribution is 7.13. The fourth-order valence-corrected chi connectivity index (χ4v) is 3.54. The van der Waals surface area contributed by atoms with Gasteiger partial charge in [0.2, 0.25) is 0 Å². The van der Waals surface area contributed by atoms with Gasteiger partial charge in [-0.2, -0.15) is 0 Å². The van der Waals surface area contributed by atoms with E-state index in [0.29, 0.717) is 17.3 Å². The molecule has 0 amide bonds. The molecule has 0 bridgehead atoms. The molecule has 0 spiro atoms. The second-order valence-corrected chi connectivity index (χ2v) is 6.21. The molecule has 1 heterocycles. The maximum absolute atomic E-state index is 12.2. The Morgan fingerprint density at radius 2 is 2.21 bits per heavy atom. The van der Waals surface area contributed by atoms with Crippen molar-refractivity contribution < 1.29 is 9.53 Å². The van der Waals surface area contributed by atoms with E-state index in [1.54, 1.807) is 0 Å². The Balaban J connectivity index is 2.05. The number of aryl methyl sites for hydroxylation is 1. The van der Waals surface area contributed by atoms with Crippen LogP contribution in [0.4, 0.5) is 0 Å². The summed E-state index contributed by atoms with van der Waals surface area (Å²) in [5.41, 5.74) is 6.29. The Hall–Kier alpha value is -0.940. The average molecular weight is 282 g/mol. The summed E-state index contributed by atoms with van der Waals surface area (Å²) in [6.45, 7) is 4.38. The summed E-state index contributed by atoms with van der Waals surface area (Å²) in [6.07, 6.45) is 5.73. The largest absolute Gasteiger partial charge is 0.458 e. The molecule has 0 aromatic carbocycles. The average Bonchev–Trinajstić information content (AvgIpc) is 2.80. The van der Waals surface area contributed by atoms with E-state index in [0.717, 1.165) is 30.0 Å². The highest BCUT2D eigenvalue weighted by Crippen LogP contribution is 2.30. The summed E-state index contributed by atoms with van der Waals surface area (Å²) in [6, 6.07) is 0. The quantitative estimate of drug-likeness (QED) is 0.862. The second kappa shape index (κ2) is 6.48. The molecule has 2 atom stereocenters. The smallest absolute Gasteiger partial charge is 0.350 e. The molecule has 1 aromatic rings. The van der Waals surface area contributed by atoms with Crippen LogP contribution < -0.4 is 5.73 Å². The van der Waals surface area contributed by atoms with Gasteiger partial charge in [-0.1, -0.05) is 13.3 Å². The van der Waals surface area contributed by atoms with Gasteiger partial charge in [0.05, 0.1) is 5.69 Å². The zero-order chi connectivity index (χ0) is 13.8. The van der Waals surface area contributed by atoms with Gasteiger partial charge in [0.1, 0.15) is 16.0 Å². The SMILES string of the molecule is CCC1CCCCC1OC(=O)c1sc(CN)nc1C. The summed E-state index contributed by atoms with van der Waals surface area (Å²) in [5, 5.41) is 0.792. The van der Waals surface area contributed by atoms with Crippen molar-refractivity contribution in [2.75, 3.05) is 0 Å². The molecule has 2 N–H and O–H groups in total. The third-order valence-corrected chi connectivity index (χ3v) is 4.98. The van der Waals surface area contributed by atoms with Crippen LogP contribution in [-0.4, -0.2) is 17.1 Å². The fraction of sp³-hybridized carbons (Fsp3) is 0.714. The normalized spacial score (nSPS) is 23.3. The molecule has 5 heteroatoms. The Labute approximate surface area is 118 Å². The number of ether oxygens (including phenoxy) is 1. The summed E-state index contributed by atoms with van der Waals surface area (Å²) in [5.74, 6) is 0.292. The van der Waals surface area contributed by atoms with Gasteiger partial charge in [0, 0.05) is 6.54 Å². The molecule has 2 rings (SSSR count). The Kier molecular flexibility index (Phi) is 4.93. The molecule has 2 unspecified atom stereocenters. The first kappa shape index (κ1) is 14.5.